The smallest absolute Gasteiger partial charge is 0.133 e. The number of aromatic nitrogens is 2. The highest BCUT2D eigenvalue weighted by Crippen LogP contribution is 2.38. The van der Waals surface area contributed by atoms with E-state index >= 15 is 0 Å². The van der Waals surface area contributed by atoms with Crippen LogP contribution in [0.5, 0.6) is 0 Å². The number of nitrogens with zero attached hydrogens (tertiary/aromatic N) is 2. The molecule has 4 rings (SSSR count). The number of halogens is 3. The fourth-order valence-corrected chi connectivity index (χ4v) is 3.72. The minimum absolute atomic E-state index is 0.602. The van der Waals surface area contributed by atoms with Crippen LogP contribution in [0.15, 0.2) is 36.4 Å². The highest BCUT2D eigenvalue weighted by molar-refractivity contribution is 6.36. The topological polar surface area (TPSA) is 29.9 Å². The van der Waals surface area contributed by atoms with E-state index in [-0.39, 0.29) is 0 Å². The second-order valence-electron chi connectivity index (χ2n) is 5.82. The largest absolute Gasteiger partial charge is 0.369 e. The molecule has 1 aliphatic rings. The lowest BCUT2D eigenvalue weighted by molar-refractivity contribution is 0.875. The molecule has 0 fully saturated rings. The summed E-state index contributed by atoms with van der Waals surface area (Å²) in [5.74, 6) is 1.00. The number of anilines is 1. The Morgan fingerprint density at radius 1 is 1.04 bits per heavy atom. The summed E-state index contributed by atoms with van der Waals surface area (Å²) in [4.78, 5) is 0. The fraction of sp³-hybridized carbons (Fsp3) is 0.167. The molecular formula is C18H14Cl3N3. The Morgan fingerprint density at radius 3 is 2.58 bits per heavy atom. The molecule has 0 atom stereocenters. The van der Waals surface area contributed by atoms with E-state index in [1.54, 1.807) is 6.07 Å². The summed E-state index contributed by atoms with van der Waals surface area (Å²) in [6, 6.07) is 11.3. The highest BCUT2D eigenvalue weighted by Gasteiger charge is 2.25. The van der Waals surface area contributed by atoms with E-state index in [0.29, 0.717) is 15.1 Å². The van der Waals surface area contributed by atoms with Crippen molar-refractivity contribution in [3.05, 3.63) is 62.6 Å². The maximum atomic E-state index is 6.40. The van der Waals surface area contributed by atoms with E-state index in [2.05, 4.69) is 5.32 Å². The molecule has 0 aliphatic carbocycles. The van der Waals surface area contributed by atoms with Gasteiger partial charge in [0.2, 0.25) is 0 Å². The van der Waals surface area contributed by atoms with E-state index in [9.17, 15) is 0 Å². The molecule has 0 saturated heterocycles. The summed E-state index contributed by atoms with van der Waals surface area (Å²) >= 11 is 18.6. The first-order valence-corrected chi connectivity index (χ1v) is 8.75. The normalized spacial score (nSPS) is 13.0. The molecule has 0 radical (unpaired) electrons. The molecule has 122 valence electrons. The molecule has 0 saturated carbocycles. The van der Waals surface area contributed by atoms with E-state index < -0.39 is 0 Å². The van der Waals surface area contributed by atoms with Gasteiger partial charge < -0.3 is 5.32 Å². The number of hydrogen-bond donors (Lipinski definition) is 1. The standard InChI is InChI=1S/C18H14Cl3N3/c1-10-2-3-12(20)9-16(10)24-18-14(6-7-22-18)17(23-24)13-5-4-11(19)8-15(13)21/h2-5,8-9,22H,6-7H2,1H3. The van der Waals surface area contributed by atoms with Crippen LogP contribution in [0.3, 0.4) is 0 Å². The quantitative estimate of drug-likeness (QED) is 0.613. The number of nitrogens with one attached hydrogen (secondary N) is 1. The van der Waals surface area contributed by atoms with Gasteiger partial charge in [0.25, 0.3) is 0 Å². The van der Waals surface area contributed by atoms with Gasteiger partial charge in [-0.2, -0.15) is 5.10 Å². The van der Waals surface area contributed by atoms with Gasteiger partial charge in [-0.3, -0.25) is 0 Å². The first-order chi connectivity index (χ1) is 11.5. The molecular weight excluding hydrogens is 365 g/mol. The summed E-state index contributed by atoms with van der Waals surface area (Å²) in [5, 5.41) is 10.2. The average molecular weight is 379 g/mol. The van der Waals surface area contributed by atoms with Crippen LogP contribution in [0, 0.1) is 6.92 Å². The van der Waals surface area contributed by atoms with Gasteiger partial charge in [0.15, 0.2) is 0 Å². The molecule has 0 spiro atoms. The lowest BCUT2D eigenvalue weighted by Crippen LogP contribution is -2.05. The van der Waals surface area contributed by atoms with Crippen molar-refractivity contribution >= 4 is 40.6 Å². The molecule has 0 amide bonds. The van der Waals surface area contributed by atoms with Crippen LogP contribution in [-0.2, 0) is 6.42 Å². The maximum absolute atomic E-state index is 6.40. The van der Waals surface area contributed by atoms with E-state index in [1.165, 1.54) is 5.56 Å². The molecule has 2 heterocycles. The molecule has 2 aromatic carbocycles. The van der Waals surface area contributed by atoms with Crippen LogP contribution < -0.4 is 5.32 Å². The number of benzene rings is 2. The Kier molecular flexibility index (Phi) is 3.95. The van der Waals surface area contributed by atoms with Gasteiger partial charge in [0.05, 0.1) is 16.4 Å². The van der Waals surface area contributed by atoms with Crippen LogP contribution in [0.4, 0.5) is 5.82 Å². The van der Waals surface area contributed by atoms with Gasteiger partial charge in [-0.15, -0.1) is 0 Å². The van der Waals surface area contributed by atoms with Crippen molar-refractivity contribution in [2.75, 3.05) is 11.9 Å². The van der Waals surface area contributed by atoms with E-state index in [0.717, 1.165) is 41.3 Å². The Balaban J connectivity index is 1.94. The van der Waals surface area contributed by atoms with Crippen molar-refractivity contribution < 1.29 is 0 Å². The second kappa shape index (κ2) is 5.99. The Morgan fingerprint density at radius 2 is 1.79 bits per heavy atom. The molecule has 3 aromatic rings. The van der Waals surface area contributed by atoms with Crippen LogP contribution in [-0.4, -0.2) is 16.3 Å². The van der Waals surface area contributed by atoms with Crippen molar-refractivity contribution in [2.45, 2.75) is 13.3 Å². The number of aryl methyl sites for hydroxylation is 1. The molecule has 0 unspecified atom stereocenters. The predicted molar refractivity (Wildman–Crippen MR) is 101 cm³/mol. The third-order valence-electron chi connectivity index (χ3n) is 4.24. The van der Waals surface area contributed by atoms with E-state index in [1.807, 2.05) is 41.9 Å². The second-order valence-corrected chi connectivity index (χ2v) is 7.10. The van der Waals surface area contributed by atoms with Gasteiger partial charge in [-0.1, -0.05) is 40.9 Å². The Hall–Kier alpha value is -1.68. The number of hydrogen-bond acceptors (Lipinski definition) is 2. The lowest BCUT2D eigenvalue weighted by atomic mass is 10.1. The summed E-state index contributed by atoms with van der Waals surface area (Å²) in [5.41, 5.74) is 5.01. The summed E-state index contributed by atoms with van der Waals surface area (Å²) in [6.45, 7) is 2.93. The first-order valence-electron chi connectivity index (χ1n) is 7.62. The SMILES string of the molecule is Cc1ccc(Cl)cc1-n1nc(-c2ccc(Cl)cc2Cl)c2c1NCC2. The van der Waals surface area contributed by atoms with Gasteiger partial charge >= 0.3 is 0 Å². The highest BCUT2D eigenvalue weighted by atomic mass is 35.5. The Bertz CT molecular complexity index is 947. The van der Waals surface area contributed by atoms with Gasteiger partial charge in [-0.25, -0.2) is 4.68 Å². The molecule has 1 N–H and O–H groups in total. The monoisotopic (exact) mass is 377 g/mol. The first kappa shape index (κ1) is 15.8. The number of fused-ring (bicyclic) bond motifs is 1. The molecule has 1 aliphatic heterocycles. The molecule has 24 heavy (non-hydrogen) atoms. The average Bonchev–Trinajstić information content (AvgIpc) is 3.13. The Labute approximate surface area is 155 Å². The zero-order valence-corrected chi connectivity index (χ0v) is 15.2. The summed E-state index contributed by atoms with van der Waals surface area (Å²) in [6.07, 6.45) is 0.906. The molecule has 3 nitrogen and oxygen atoms in total. The van der Waals surface area contributed by atoms with Crippen molar-refractivity contribution in [2.24, 2.45) is 0 Å². The third kappa shape index (κ3) is 2.57. The van der Waals surface area contributed by atoms with Crippen LogP contribution in [0.25, 0.3) is 16.9 Å². The maximum Gasteiger partial charge on any atom is 0.133 e. The van der Waals surface area contributed by atoms with E-state index in [4.69, 9.17) is 39.9 Å². The molecule has 1 aromatic heterocycles. The zero-order chi connectivity index (χ0) is 16.8. The van der Waals surface area contributed by atoms with Gasteiger partial charge in [0, 0.05) is 27.7 Å². The lowest BCUT2D eigenvalue weighted by Gasteiger charge is -2.10. The fourth-order valence-electron chi connectivity index (χ4n) is 3.06. The summed E-state index contributed by atoms with van der Waals surface area (Å²) < 4.78 is 1.92. The van der Waals surface area contributed by atoms with Crippen LogP contribution >= 0.6 is 34.8 Å². The van der Waals surface area contributed by atoms with Gasteiger partial charge in [-0.05, 0) is 49.2 Å². The zero-order valence-electron chi connectivity index (χ0n) is 12.9. The van der Waals surface area contributed by atoms with Crippen molar-refractivity contribution in [3.63, 3.8) is 0 Å². The third-order valence-corrected chi connectivity index (χ3v) is 5.02. The van der Waals surface area contributed by atoms with Crippen molar-refractivity contribution in [1.29, 1.82) is 0 Å². The van der Waals surface area contributed by atoms with Crippen LogP contribution in [0.2, 0.25) is 15.1 Å². The van der Waals surface area contributed by atoms with Crippen molar-refractivity contribution in [3.8, 4) is 16.9 Å². The number of rotatable bonds is 2. The van der Waals surface area contributed by atoms with Gasteiger partial charge in [0.1, 0.15) is 5.82 Å². The molecule has 0 bridgehead atoms. The minimum atomic E-state index is 0.602. The van der Waals surface area contributed by atoms with Crippen LogP contribution in [0.1, 0.15) is 11.1 Å². The minimum Gasteiger partial charge on any atom is -0.369 e. The van der Waals surface area contributed by atoms with Crippen molar-refractivity contribution in [1.82, 2.24) is 9.78 Å². The summed E-state index contributed by atoms with van der Waals surface area (Å²) in [7, 11) is 0. The molecule has 6 heteroatoms. The predicted octanol–water partition coefficient (Wildman–Crippen LogP) is 5.78.